The number of fused-ring (bicyclic) bond motifs is 1. The van der Waals surface area contributed by atoms with Crippen molar-refractivity contribution in [1.29, 1.82) is 0 Å². The van der Waals surface area contributed by atoms with Crippen molar-refractivity contribution in [3.05, 3.63) is 63.8 Å². The van der Waals surface area contributed by atoms with Crippen LogP contribution >= 0.6 is 0 Å². The molecule has 0 saturated heterocycles. The van der Waals surface area contributed by atoms with Gasteiger partial charge in [0.1, 0.15) is 17.1 Å². The number of unbranched alkanes of at least 4 members (excludes halogenated alkanes) is 2. The average molecular weight is 494 g/mol. The Labute approximate surface area is 219 Å². The topological polar surface area (TPSA) is 58.6 Å². The van der Waals surface area contributed by atoms with E-state index in [0.29, 0.717) is 23.4 Å². The quantitative estimate of drug-likeness (QED) is 0.214. The molecule has 1 amide bonds. The minimum absolute atomic E-state index is 0.0170. The Morgan fingerprint density at radius 1 is 1.06 bits per heavy atom. The van der Waals surface area contributed by atoms with E-state index in [1.165, 1.54) is 16.7 Å². The molecule has 1 unspecified atom stereocenters. The molecule has 0 bridgehead atoms. The number of carbonyl (C=O) groups excluding carboxylic acids is 1. The summed E-state index contributed by atoms with van der Waals surface area (Å²) in [5, 5.41) is 14.2. The van der Waals surface area contributed by atoms with Crippen molar-refractivity contribution in [1.82, 2.24) is 5.32 Å². The highest BCUT2D eigenvalue weighted by atomic mass is 16.5. The van der Waals surface area contributed by atoms with Crippen LogP contribution < -0.4 is 10.1 Å². The maximum absolute atomic E-state index is 13.2. The van der Waals surface area contributed by atoms with Crippen LogP contribution in [0, 0.1) is 0 Å². The van der Waals surface area contributed by atoms with E-state index in [9.17, 15) is 9.90 Å². The molecule has 1 aromatic rings. The van der Waals surface area contributed by atoms with Crippen molar-refractivity contribution in [2.75, 3.05) is 6.54 Å². The third kappa shape index (κ3) is 9.04. The van der Waals surface area contributed by atoms with Crippen molar-refractivity contribution < 1.29 is 14.6 Å². The Morgan fingerprint density at radius 3 is 2.42 bits per heavy atom. The first-order chi connectivity index (χ1) is 17.1. The van der Waals surface area contributed by atoms with Crippen molar-refractivity contribution >= 4 is 12.0 Å². The fourth-order valence-electron chi connectivity index (χ4n) is 4.40. The van der Waals surface area contributed by atoms with E-state index in [1.807, 2.05) is 18.2 Å². The molecule has 36 heavy (non-hydrogen) atoms. The maximum Gasteiger partial charge on any atom is 0.255 e. The summed E-state index contributed by atoms with van der Waals surface area (Å²) in [6.07, 6.45) is 18.0. The molecular weight excluding hydrogens is 446 g/mol. The van der Waals surface area contributed by atoms with Crippen LogP contribution in [0.5, 0.6) is 11.5 Å². The van der Waals surface area contributed by atoms with E-state index in [0.717, 1.165) is 56.9 Å². The molecule has 1 heterocycles. The highest BCUT2D eigenvalue weighted by Gasteiger charge is 2.31. The summed E-state index contributed by atoms with van der Waals surface area (Å²) in [7, 11) is 0. The van der Waals surface area contributed by atoms with Crippen molar-refractivity contribution in [2.45, 2.75) is 105 Å². The van der Waals surface area contributed by atoms with Crippen LogP contribution in [0.3, 0.4) is 0 Å². The fourth-order valence-corrected chi connectivity index (χ4v) is 4.40. The molecule has 1 aliphatic heterocycles. The zero-order valence-electron chi connectivity index (χ0n) is 23.6. The van der Waals surface area contributed by atoms with E-state index < -0.39 is 5.60 Å². The number of amides is 1. The molecule has 1 aromatic carbocycles. The Kier molecular flexibility index (Phi) is 11.6. The highest BCUT2D eigenvalue weighted by Crippen LogP contribution is 2.42. The maximum atomic E-state index is 13.2. The molecule has 198 valence electrons. The van der Waals surface area contributed by atoms with Gasteiger partial charge in [-0.15, -0.1) is 0 Å². The Balaban J connectivity index is 2.24. The summed E-state index contributed by atoms with van der Waals surface area (Å²) in [6.45, 7) is 15.2. The van der Waals surface area contributed by atoms with Gasteiger partial charge in [0.25, 0.3) is 5.91 Å². The van der Waals surface area contributed by atoms with Gasteiger partial charge in [0.2, 0.25) is 0 Å². The number of phenolic OH excluding ortho intramolecular Hbond substituents is 1. The van der Waals surface area contributed by atoms with E-state index in [4.69, 9.17) is 4.74 Å². The molecule has 0 aromatic heterocycles. The summed E-state index contributed by atoms with van der Waals surface area (Å²) >= 11 is 0. The van der Waals surface area contributed by atoms with Gasteiger partial charge < -0.3 is 15.2 Å². The molecule has 1 atom stereocenters. The zero-order valence-corrected chi connectivity index (χ0v) is 23.6. The molecule has 4 nitrogen and oxygen atoms in total. The molecule has 4 heteroatoms. The van der Waals surface area contributed by atoms with Crippen LogP contribution in [0.1, 0.15) is 115 Å². The van der Waals surface area contributed by atoms with Gasteiger partial charge in [0.05, 0.1) is 11.1 Å². The lowest BCUT2D eigenvalue weighted by Crippen LogP contribution is -2.32. The van der Waals surface area contributed by atoms with Crippen molar-refractivity contribution in [2.24, 2.45) is 0 Å². The lowest BCUT2D eigenvalue weighted by molar-refractivity contribution is 0.0953. The van der Waals surface area contributed by atoms with Gasteiger partial charge in [-0.3, -0.25) is 4.79 Å². The van der Waals surface area contributed by atoms with E-state index >= 15 is 0 Å². The first-order valence-corrected chi connectivity index (χ1v) is 13.5. The van der Waals surface area contributed by atoms with Crippen LogP contribution in [-0.2, 0) is 6.42 Å². The summed E-state index contributed by atoms with van der Waals surface area (Å²) < 4.78 is 6.41. The van der Waals surface area contributed by atoms with Crippen LogP contribution in [-0.4, -0.2) is 23.2 Å². The van der Waals surface area contributed by atoms with Crippen LogP contribution in [0.2, 0.25) is 0 Å². The third-order valence-corrected chi connectivity index (χ3v) is 6.60. The number of aryl methyl sites for hydroxylation is 1. The number of aromatic hydroxyl groups is 1. The average Bonchev–Trinajstić information content (AvgIpc) is 2.78. The first-order valence-electron chi connectivity index (χ1n) is 13.5. The predicted molar refractivity (Wildman–Crippen MR) is 153 cm³/mol. The molecule has 2 rings (SSSR count). The number of nitrogens with one attached hydrogen (secondary N) is 1. The number of phenols is 1. The molecule has 0 fully saturated rings. The number of carbonyl (C=O) groups is 1. The number of benzene rings is 1. The minimum Gasteiger partial charge on any atom is -0.506 e. The van der Waals surface area contributed by atoms with Crippen molar-refractivity contribution in [3.63, 3.8) is 0 Å². The first kappa shape index (κ1) is 29.5. The number of allylic oxidation sites excluding steroid dienone is 5. The second-order valence-electron chi connectivity index (χ2n) is 10.8. The summed E-state index contributed by atoms with van der Waals surface area (Å²) in [6, 6.07) is 1.97. The number of ether oxygens (including phenoxy) is 1. The fraction of sp³-hybridized carbons (Fsp3) is 0.531. The van der Waals surface area contributed by atoms with Gasteiger partial charge >= 0.3 is 0 Å². The Morgan fingerprint density at radius 2 is 1.75 bits per heavy atom. The molecular formula is C32H47NO3. The smallest absolute Gasteiger partial charge is 0.255 e. The minimum atomic E-state index is -0.441. The van der Waals surface area contributed by atoms with Gasteiger partial charge in [-0.05, 0) is 104 Å². The molecule has 0 saturated carbocycles. The van der Waals surface area contributed by atoms with E-state index in [2.05, 4.69) is 72.0 Å². The summed E-state index contributed by atoms with van der Waals surface area (Å²) in [5.41, 5.74) is 5.24. The Bertz CT molecular complexity index is 1020. The van der Waals surface area contributed by atoms with Gasteiger partial charge in [0, 0.05) is 6.54 Å². The number of hydrogen-bond acceptors (Lipinski definition) is 3. The van der Waals surface area contributed by atoms with Gasteiger partial charge in [-0.25, -0.2) is 0 Å². The monoisotopic (exact) mass is 493 g/mol. The third-order valence-electron chi connectivity index (χ3n) is 6.60. The van der Waals surface area contributed by atoms with Gasteiger partial charge in [-0.2, -0.15) is 0 Å². The summed E-state index contributed by atoms with van der Waals surface area (Å²) in [5.74, 6) is 0.441. The SMILES string of the molecule is CCCCCc1cc2c(c(O)c1C(=O)NC/C=C(\C)CCC=C(C)C)C=CC(C)(CCC=C(C)C)O2. The van der Waals surface area contributed by atoms with E-state index in [1.54, 1.807) is 0 Å². The lowest BCUT2D eigenvalue weighted by Gasteiger charge is -2.32. The zero-order chi connectivity index (χ0) is 26.7. The molecule has 0 aliphatic carbocycles. The number of rotatable bonds is 13. The Hall–Kier alpha value is -2.75. The van der Waals surface area contributed by atoms with Crippen LogP contribution in [0.15, 0.2) is 47.1 Å². The van der Waals surface area contributed by atoms with Gasteiger partial charge in [-0.1, -0.05) is 54.7 Å². The molecule has 0 spiro atoms. The highest BCUT2D eigenvalue weighted by molar-refractivity contribution is 6.00. The predicted octanol–water partition coefficient (Wildman–Crippen LogP) is 8.46. The van der Waals surface area contributed by atoms with Crippen LogP contribution in [0.4, 0.5) is 0 Å². The molecule has 2 N–H and O–H groups in total. The van der Waals surface area contributed by atoms with E-state index in [-0.39, 0.29) is 11.7 Å². The van der Waals surface area contributed by atoms with Gasteiger partial charge in [0.15, 0.2) is 0 Å². The standard InChI is InChI=1S/C32H47NO3/c1-8-9-10-16-26-22-28-27(17-20-32(7,36-28)19-12-14-24(4)5)30(34)29(26)31(35)33-21-18-25(6)15-11-13-23(2)3/h13-14,17-18,20,22,34H,8-12,15-16,19,21H2,1-7H3,(H,33,35)/b25-18+. The molecule has 0 radical (unpaired) electrons. The second-order valence-corrected chi connectivity index (χ2v) is 10.8. The normalized spacial score (nSPS) is 16.7. The van der Waals surface area contributed by atoms with Crippen LogP contribution in [0.25, 0.3) is 6.08 Å². The summed E-state index contributed by atoms with van der Waals surface area (Å²) in [4.78, 5) is 13.2. The molecule has 1 aliphatic rings. The lowest BCUT2D eigenvalue weighted by atomic mass is 9.91. The second kappa shape index (κ2) is 14.1. The van der Waals surface area contributed by atoms with Crippen molar-refractivity contribution in [3.8, 4) is 11.5 Å². The number of hydrogen-bond donors (Lipinski definition) is 2. The largest absolute Gasteiger partial charge is 0.506 e.